The van der Waals surface area contributed by atoms with Crippen molar-refractivity contribution in [2.45, 2.75) is 0 Å². The van der Waals surface area contributed by atoms with Gasteiger partial charge in [0.05, 0.1) is 19.8 Å². The van der Waals surface area contributed by atoms with E-state index in [0.717, 1.165) is 0 Å². The van der Waals surface area contributed by atoms with E-state index in [1.807, 2.05) is 0 Å². The zero-order chi connectivity index (χ0) is 16.4. The van der Waals surface area contributed by atoms with Gasteiger partial charge in [-0.25, -0.2) is 19.7 Å². The Morgan fingerprint density at radius 2 is 1.78 bits per heavy atom. The van der Waals surface area contributed by atoms with Crippen LogP contribution in [0.25, 0.3) is 22.2 Å². The monoisotopic (exact) mass is 311 g/mol. The van der Waals surface area contributed by atoms with Crippen molar-refractivity contribution in [1.29, 1.82) is 0 Å². The lowest BCUT2D eigenvalue weighted by Crippen LogP contribution is -2.04. The molecule has 1 N–H and O–H groups in total. The average Bonchev–Trinajstić information content (AvgIpc) is 2.60. The summed E-state index contributed by atoms with van der Waals surface area (Å²) < 4.78 is 10.6. The molecule has 0 unspecified atom stereocenters. The van der Waals surface area contributed by atoms with E-state index >= 15 is 0 Å². The Kier molecular flexibility index (Phi) is 3.76. The van der Waals surface area contributed by atoms with Gasteiger partial charge in [0.2, 0.25) is 0 Å². The van der Waals surface area contributed by atoms with E-state index in [1.54, 1.807) is 31.4 Å². The molecule has 23 heavy (non-hydrogen) atoms. The minimum atomic E-state index is -1.07. The largest absolute Gasteiger partial charge is 0.497 e. The third-order valence-electron chi connectivity index (χ3n) is 3.47. The molecule has 0 aliphatic rings. The second-order valence-corrected chi connectivity index (χ2v) is 4.68. The van der Waals surface area contributed by atoms with Crippen molar-refractivity contribution in [3.05, 3.63) is 42.5 Å². The highest BCUT2D eigenvalue weighted by molar-refractivity contribution is 6.11. The average molecular weight is 311 g/mol. The number of carboxylic acids is 1. The van der Waals surface area contributed by atoms with Crippen LogP contribution in [-0.4, -0.2) is 40.2 Å². The Balaban J connectivity index is 2.41. The standard InChI is InChI=1S/C16H13N3O4/c1-22-9-3-4-10-11(5-9)13(23-2)6-12(14(10)16(20)21)15-18-7-17-8-19-15/h3-8H,1-2H3,(H,20,21). The number of methoxy groups -OCH3 is 2. The van der Waals surface area contributed by atoms with E-state index in [0.29, 0.717) is 27.8 Å². The summed E-state index contributed by atoms with van der Waals surface area (Å²) in [6, 6.07) is 6.73. The molecular formula is C16H13N3O4. The molecule has 0 spiro atoms. The van der Waals surface area contributed by atoms with Crippen LogP contribution < -0.4 is 9.47 Å². The van der Waals surface area contributed by atoms with Crippen LogP contribution in [0.15, 0.2) is 36.9 Å². The summed E-state index contributed by atoms with van der Waals surface area (Å²) >= 11 is 0. The highest BCUT2D eigenvalue weighted by Crippen LogP contribution is 2.37. The second kappa shape index (κ2) is 5.88. The molecule has 1 aromatic heterocycles. The number of benzene rings is 2. The lowest BCUT2D eigenvalue weighted by molar-refractivity contribution is 0.0699. The Hall–Kier alpha value is -3.22. The number of aromatic nitrogens is 3. The number of carbonyl (C=O) groups is 1. The third-order valence-corrected chi connectivity index (χ3v) is 3.47. The molecule has 0 amide bonds. The molecule has 3 aromatic rings. The quantitative estimate of drug-likeness (QED) is 0.790. The molecule has 0 saturated heterocycles. The zero-order valence-electron chi connectivity index (χ0n) is 12.5. The fourth-order valence-electron chi connectivity index (χ4n) is 2.45. The molecule has 3 rings (SSSR count). The minimum Gasteiger partial charge on any atom is -0.497 e. The van der Waals surface area contributed by atoms with Gasteiger partial charge in [-0.1, -0.05) is 0 Å². The van der Waals surface area contributed by atoms with Crippen LogP contribution in [0.3, 0.4) is 0 Å². The fraction of sp³-hybridized carbons (Fsp3) is 0.125. The zero-order valence-corrected chi connectivity index (χ0v) is 12.5. The van der Waals surface area contributed by atoms with Crippen LogP contribution in [0.5, 0.6) is 11.5 Å². The number of carboxylic acid groups (broad SMARTS) is 1. The lowest BCUT2D eigenvalue weighted by atomic mass is 9.97. The predicted octanol–water partition coefficient (Wildman–Crippen LogP) is 2.41. The molecule has 1 heterocycles. The maximum atomic E-state index is 11.8. The van der Waals surface area contributed by atoms with Gasteiger partial charge in [0, 0.05) is 16.3 Å². The van der Waals surface area contributed by atoms with Gasteiger partial charge in [-0.3, -0.25) is 0 Å². The van der Waals surface area contributed by atoms with Crippen LogP contribution in [0, 0.1) is 0 Å². The lowest BCUT2D eigenvalue weighted by Gasteiger charge is -2.13. The summed E-state index contributed by atoms with van der Waals surface area (Å²) in [5.74, 6) is 0.325. The van der Waals surface area contributed by atoms with E-state index < -0.39 is 5.97 Å². The second-order valence-electron chi connectivity index (χ2n) is 4.68. The number of rotatable bonds is 4. The molecule has 0 fully saturated rings. The van der Waals surface area contributed by atoms with Gasteiger partial charge >= 0.3 is 5.97 Å². The fourth-order valence-corrected chi connectivity index (χ4v) is 2.45. The van der Waals surface area contributed by atoms with Crippen molar-refractivity contribution in [3.63, 3.8) is 0 Å². The predicted molar refractivity (Wildman–Crippen MR) is 82.8 cm³/mol. The van der Waals surface area contributed by atoms with Crippen LogP contribution in [0.4, 0.5) is 0 Å². The molecule has 116 valence electrons. The van der Waals surface area contributed by atoms with E-state index in [4.69, 9.17) is 9.47 Å². The maximum Gasteiger partial charge on any atom is 0.337 e. The number of nitrogens with zero attached hydrogens (tertiary/aromatic N) is 3. The van der Waals surface area contributed by atoms with Crippen molar-refractivity contribution in [2.24, 2.45) is 0 Å². The maximum absolute atomic E-state index is 11.8. The first-order valence-corrected chi connectivity index (χ1v) is 6.70. The molecule has 0 atom stereocenters. The summed E-state index contributed by atoms with van der Waals surface area (Å²) in [4.78, 5) is 23.7. The Bertz CT molecular complexity index is 881. The van der Waals surface area contributed by atoms with Crippen molar-refractivity contribution in [3.8, 4) is 22.9 Å². The first kappa shape index (κ1) is 14.7. The topological polar surface area (TPSA) is 94.4 Å². The minimum absolute atomic E-state index is 0.106. The number of hydrogen-bond acceptors (Lipinski definition) is 6. The SMILES string of the molecule is COc1ccc2c(C(=O)O)c(-c3ncncn3)cc(OC)c2c1. The first-order chi connectivity index (χ1) is 11.2. The van der Waals surface area contributed by atoms with Crippen LogP contribution >= 0.6 is 0 Å². The molecule has 0 radical (unpaired) electrons. The van der Waals surface area contributed by atoms with Gasteiger partial charge in [0.25, 0.3) is 0 Å². The van der Waals surface area contributed by atoms with E-state index in [2.05, 4.69) is 15.0 Å². The third kappa shape index (κ3) is 2.52. The van der Waals surface area contributed by atoms with Gasteiger partial charge in [0.1, 0.15) is 24.2 Å². The summed E-state index contributed by atoms with van der Waals surface area (Å²) in [7, 11) is 3.07. The Labute approximate surface area is 131 Å². The summed E-state index contributed by atoms with van der Waals surface area (Å²) in [6.45, 7) is 0. The van der Waals surface area contributed by atoms with Crippen molar-refractivity contribution in [1.82, 2.24) is 15.0 Å². The van der Waals surface area contributed by atoms with Crippen LogP contribution in [-0.2, 0) is 0 Å². The highest BCUT2D eigenvalue weighted by atomic mass is 16.5. The van der Waals surface area contributed by atoms with E-state index in [9.17, 15) is 9.90 Å². The molecule has 7 nitrogen and oxygen atoms in total. The van der Waals surface area contributed by atoms with Gasteiger partial charge in [0.15, 0.2) is 5.82 Å². The normalized spacial score (nSPS) is 10.5. The molecular weight excluding hydrogens is 298 g/mol. The number of hydrogen-bond donors (Lipinski definition) is 1. The van der Waals surface area contributed by atoms with Gasteiger partial charge < -0.3 is 14.6 Å². The molecule has 0 saturated carbocycles. The summed E-state index contributed by atoms with van der Waals surface area (Å²) in [5, 5.41) is 10.8. The van der Waals surface area contributed by atoms with Gasteiger partial charge in [-0.2, -0.15) is 0 Å². The molecule has 7 heteroatoms. The smallest absolute Gasteiger partial charge is 0.337 e. The van der Waals surface area contributed by atoms with Crippen molar-refractivity contribution in [2.75, 3.05) is 14.2 Å². The number of ether oxygens (including phenoxy) is 2. The number of aromatic carboxylic acids is 1. The molecule has 0 aliphatic carbocycles. The highest BCUT2D eigenvalue weighted by Gasteiger charge is 2.21. The Morgan fingerprint density at radius 3 is 2.39 bits per heavy atom. The van der Waals surface area contributed by atoms with Crippen molar-refractivity contribution >= 4 is 16.7 Å². The molecule has 2 aromatic carbocycles. The van der Waals surface area contributed by atoms with Crippen LogP contribution in [0.1, 0.15) is 10.4 Å². The van der Waals surface area contributed by atoms with Crippen LogP contribution in [0.2, 0.25) is 0 Å². The first-order valence-electron chi connectivity index (χ1n) is 6.70. The Morgan fingerprint density at radius 1 is 1.04 bits per heavy atom. The van der Waals surface area contributed by atoms with Gasteiger partial charge in [-0.15, -0.1) is 0 Å². The van der Waals surface area contributed by atoms with Gasteiger partial charge in [-0.05, 0) is 24.3 Å². The van der Waals surface area contributed by atoms with E-state index in [-0.39, 0.29) is 11.4 Å². The van der Waals surface area contributed by atoms with E-state index in [1.165, 1.54) is 19.8 Å². The number of fused-ring (bicyclic) bond motifs is 1. The van der Waals surface area contributed by atoms with Crippen molar-refractivity contribution < 1.29 is 19.4 Å². The molecule has 0 aliphatic heterocycles. The summed E-state index contributed by atoms with van der Waals surface area (Å²) in [6.07, 6.45) is 2.64. The molecule has 0 bridgehead atoms. The summed E-state index contributed by atoms with van der Waals surface area (Å²) in [5.41, 5.74) is 0.476.